The second kappa shape index (κ2) is 9.02. The highest BCUT2D eigenvalue weighted by Crippen LogP contribution is 2.39. The molecule has 6 heteroatoms. The van der Waals surface area contributed by atoms with Crippen LogP contribution in [-0.4, -0.2) is 57.9 Å². The average Bonchev–Trinajstić information content (AvgIpc) is 3.35. The van der Waals surface area contributed by atoms with Crippen molar-refractivity contribution in [2.24, 2.45) is 5.92 Å². The van der Waals surface area contributed by atoms with Gasteiger partial charge in [0.05, 0.1) is 25.2 Å². The molecule has 2 aromatic rings. The number of ether oxygens (including phenoxy) is 2. The zero-order valence-corrected chi connectivity index (χ0v) is 19.0. The molecule has 2 aromatic carbocycles. The summed E-state index contributed by atoms with van der Waals surface area (Å²) in [6.45, 7) is 6.17. The van der Waals surface area contributed by atoms with Crippen molar-refractivity contribution in [3.05, 3.63) is 53.6 Å². The molecular weight excluding hydrogens is 402 g/mol. The number of amides is 1. The largest absolute Gasteiger partial charge is 0.497 e. The van der Waals surface area contributed by atoms with Crippen molar-refractivity contribution < 1.29 is 14.3 Å². The van der Waals surface area contributed by atoms with Crippen molar-refractivity contribution in [1.29, 1.82) is 0 Å². The molecule has 0 bridgehead atoms. The van der Waals surface area contributed by atoms with E-state index in [1.54, 1.807) is 7.11 Å². The summed E-state index contributed by atoms with van der Waals surface area (Å²) in [6, 6.07) is 15.1. The maximum absolute atomic E-state index is 13.4. The SMILES string of the molecule is COc1ccc2c(c1)N1CCN(c3ccc(C)cc3)CC1C(C(=O)NCC1CCCO1)C2. The molecule has 3 heterocycles. The molecule has 6 nitrogen and oxygen atoms in total. The highest BCUT2D eigenvalue weighted by molar-refractivity contribution is 5.82. The lowest BCUT2D eigenvalue weighted by Crippen LogP contribution is -2.61. The monoisotopic (exact) mass is 435 g/mol. The van der Waals surface area contributed by atoms with E-state index in [1.165, 1.54) is 22.5 Å². The summed E-state index contributed by atoms with van der Waals surface area (Å²) in [7, 11) is 1.71. The van der Waals surface area contributed by atoms with Gasteiger partial charge in [0.2, 0.25) is 5.91 Å². The van der Waals surface area contributed by atoms with Gasteiger partial charge in [-0.25, -0.2) is 0 Å². The van der Waals surface area contributed by atoms with Crippen molar-refractivity contribution in [1.82, 2.24) is 5.32 Å². The first-order chi connectivity index (χ1) is 15.6. The first-order valence-electron chi connectivity index (χ1n) is 11.8. The molecule has 3 unspecified atom stereocenters. The van der Waals surface area contributed by atoms with Crippen LogP contribution >= 0.6 is 0 Å². The normalized spacial score (nSPS) is 24.6. The minimum Gasteiger partial charge on any atom is -0.497 e. The number of aryl methyl sites for hydroxylation is 1. The van der Waals surface area contributed by atoms with Crippen LogP contribution in [0.2, 0.25) is 0 Å². The van der Waals surface area contributed by atoms with E-state index in [4.69, 9.17) is 9.47 Å². The lowest BCUT2D eigenvalue weighted by Gasteiger charge is -2.49. The molecule has 2 saturated heterocycles. The average molecular weight is 436 g/mol. The molecule has 3 atom stereocenters. The molecule has 2 fully saturated rings. The third-order valence-corrected chi connectivity index (χ3v) is 7.19. The minimum atomic E-state index is -0.0921. The van der Waals surface area contributed by atoms with Crippen LogP contribution in [0.25, 0.3) is 0 Å². The summed E-state index contributed by atoms with van der Waals surface area (Å²) in [5.74, 6) is 0.915. The Kier molecular flexibility index (Phi) is 5.96. The van der Waals surface area contributed by atoms with E-state index in [0.29, 0.717) is 6.54 Å². The summed E-state index contributed by atoms with van der Waals surface area (Å²) >= 11 is 0. The molecule has 32 heavy (non-hydrogen) atoms. The van der Waals surface area contributed by atoms with Gasteiger partial charge in [-0.15, -0.1) is 0 Å². The number of rotatable bonds is 5. The van der Waals surface area contributed by atoms with Crippen LogP contribution in [0.5, 0.6) is 5.75 Å². The van der Waals surface area contributed by atoms with Gasteiger partial charge in [0, 0.05) is 50.2 Å². The Bertz CT molecular complexity index is 955. The number of fused-ring (bicyclic) bond motifs is 3. The second-order valence-electron chi connectivity index (χ2n) is 9.23. The number of hydrogen-bond donors (Lipinski definition) is 1. The van der Waals surface area contributed by atoms with Crippen molar-refractivity contribution in [3.8, 4) is 5.75 Å². The van der Waals surface area contributed by atoms with E-state index in [0.717, 1.165) is 51.3 Å². The Balaban J connectivity index is 1.40. The molecule has 0 aromatic heterocycles. The topological polar surface area (TPSA) is 54.0 Å². The molecule has 0 spiro atoms. The minimum absolute atomic E-state index is 0.0921. The van der Waals surface area contributed by atoms with E-state index < -0.39 is 0 Å². The van der Waals surface area contributed by atoms with Gasteiger partial charge in [-0.3, -0.25) is 4.79 Å². The molecule has 0 saturated carbocycles. The van der Waals surface area contributed by atoms with Crippen LogP contribution in [0.1, 0.15) is 24.0 Å². The number of nitrogens with one attached hydrogen (secondary N) is 1. The first kappa shape index (κ1) is 21.1. The van der Waals surface area contributed by atoms with E-state index in [-0.39, 0.29) is 24.0 Å². The van der Waals surface area contributed by atoms with Gasteiger partial charge in [-0.2, -0.15) is 0 Å². The lowest BCUT2D eigenvalue weighted by atomic mass is 9.83. The quantitative estimate of drug-likeness (QED) is 0.782. The summed E-state index contributed by atoms with van der Waals surface area (Å²) in [5.41, 5.74) is 4.92. The number of nitrogens with zero attached hydrogens (tertiary/aromatic N) is 2. The molecule has 1 N–H and O–H groups in total. The fourth-order valence-electron chi connectivity index (χ4n) is 5.35. The third kappa shape index (κ3) is 4.16. The highest BCUT2D eigenvalue weighted by Gasteiger charge is 2.42. The first-order valence-corrected chi connectivity index (χ1v) is 11.8. The maximum Gasteiger partial charge on any atom is 0.225 e. The van der Waals surface area contributed by atoms with Crippen LogP contribution in [0.3, 0.4) is 0 Å². The van der Waals surface area contributed by atoms with E-state index in [2.05, 4.69) is 58.4 Å². The van der Waals surface area contributed by atoms with Crippen LogP contribution in [0.4, 0.5) is 11.4 Å². The smallest absolute Gasteiger partial charge is 0.225 e. The Labute approximate surface area is 190 Å². The Morgan fingerprint density at radius 3 is 2.78 bits per heavy atom. The molecule has 5 rings (SSSR count). The van der Waals surface area contributed by atoms with Crippen LogP contribution in [0, 0.1) is 12.8 Å². The molecular formula is C26H33N3O3. The molecule has 0 radical (unpaired) electrons. The number of benzene rings is 2. The van der Waals surface area contributed by atoms with Crippen molar-refractivity contribution >= 4 is 17.3 Å². The van der Waals surface area contributed by atoms with Crippen LogP contribution in [-0.2, 0) is 16.0 Å². The molecule has 0 aliphatic carbocycles. The molecule has 3 aliphatic heterocycles. The standard InChI is InChI=1S/C26H33N3O3/c1-18-5-8-20(9-6-18)28-11-12-29-24-15-21(31-2)10-7-19(24)14-23(25(29)17-28)26(30)27-16-22-4-3-13-32-22/h5-10,15,22-23,25H,3-4,11-14,16-17H2,1-2H3,(H,27,30). The fourth-order valence-corrected chi connectivity index (χ4v) is 5.35. The van der Waals surface area contributed by atoms with Gasteiger partial charge in [-0.1, -0.05) is 23.8 Å². The van der Waals surface area contributed by atoms with Gasteiger partial charge < -0.3 is 24.6 Å². The summed E-state index contributed by atoms with van der Waals surface area (Å²) in [5, 5.41) is 3.21. The molecule has 1 amide bonds. The van der Waals surface area contributed by atoms with E-state index >= 15 is 0 Å². The highest BCUT2D eigenvalue weighted by atomic mass is 16.5. The van der Waals surface area contributed by atoms with Gasteiger partial charge >= 0.3 is 0 Å². The Morgan fingerprint density at radius 1 is 1.19 bits per heavy atom. The maximum atomic E-state index is 13.4. The van der Waals surface area contributed by atoms with Gasteiger partial charge in [0.1, 0.15) is 5.75 Å². The van der Waals surface area contributed by atoms with Crippen LogP contribution in [0.15, 0.2) is 42.5 Å². The van der Waals surface area contributed by atoms with E-state index in [1.807, 2.05) is 6.07 Å². The summed E-state index contributed by atoms with van der Waals surface area (Å²) in [6.07, 6.45) is 3.02. The van der Waals surface area contributed by atoms with Crippen LogP contribution < -0.4 is 19.9 Å². The predicted molar refractivity (Wildman–Crippen MR) is 127 cm³/mol. The number of methoxy groups -OCH3 is 1. The molecule has 3 aliphatic rings. The zero-order chi connectivity index (χ0) is 22.1. The van der Waals surface area contributed by atoms with Gasteiger partial charge in [-0.05, 0) is 49.9 Å². The number of carbonyl (C=O) groups is 1. The van der Waals surface area contributed by atoms with E-state index in [9.17, 15) is 4.79 Å². The van der Waals surface area contributed by atoms with Gasteiger partial charge in [0.25, 0.3) is 0 Å². The summed E-state index contributed by atoms with van der Waals surface area (Å²) < 4.78 is 11.2. The molecule has 170 valence electrons. The lowest BCUT2D eigenvalue weighted by molar-refractivity contribution is -0.126. The number of hydrogen-bond acceptors (Lipinski definition) is 5. The Morgan fingerprint density at radius 2 is 2.03 bits per heavy atom. The zero-order valence-electron chi connectivity index (χ0n) is 19.0. The van der Waals surface area contributed by atoms with Crippen molar-refractivity contribution in [2.75, 3.05) is 49.7 Å². The summed E-state index contributed by atoms with van der Waals surface area (Å²) in [4.78, 5) is 18.2. The second-order valence-corrected chi connectivity index (χ2v) is 9.23. The van der Waals surface area contributed by atoms with Crippen molar-refractivity contribution in [3.63, 3.8) is 0 Å². The predicted octanol–water partition coefficient (Wildman–Crippen LogP) is 3.17. The number of piperazine rings is 1. The number of anilines is 2. The fraction of sp³-hybridized carbons (Fsp3) is 0.500. The van der Waals surface area contributed by atoms with Crippen molar-refractivity contribution in [2.45, 2.75) is 38.3 Å². The number of carbonyl (C=O) groups excluding carboxylic acids is 1. The Hall–Kier alpha value is -2.73. The third-order valence-electron chi connectivity index (χ3n) is 7.19. The van der Waals surface area contributed by atoms with Gasteiger partial charge in [0.15, 0.2) is 0 Å².